The molecule has 0 aliphatic rings. The third-order valence-corrected chi connectivity index (χ3v) is 3.60. The van der Waals surface area contributed by atoms with Crippen LogP contribution in [0.2, 0.25) is 10.0 Å². The van der Waals surface area contributed by atoms with E-state index in [1.807, 2.05) is 6.92 Å². The van der Waals surface area contributed by atoms with Crippen molar-refractivity contribution in [2.75, 3.05) is 13.2 Å². The maximum absolute atomic E-state index is 11.6. The minimum absolute atomic E-state index is 0. The zero-order valence-electron chi connectivity index (χ0n) is 12.2. The topological polar surface area (TPSA) is 84.6 Å². The summed E-state index contributed by atoms with van der Waals surface area (Å²) in [6.45, 7) is 2.00. The third kappa shape index (κ3) is 7.03. The highest BCUT2D eigenvalue weighted by molar-refractivity contribution is 6.42. The second kappa shape index (κ2) is 10.9. The number of hydrogen-bond acceptors (Lipinski definition) is 4. The number of nitrogens with one attached hydrogen (secondary N) is 1. The fourth-order valence-electron chi connectivity index (χ4n) is 1.63. The molecule has 0 saturated heterocycles. The first-order valence-corrected chi connectivity index (χ1v) is 7.49. The Labute approximate surface area is 146 Å². The molecule has 0 saturated carbocycles. The Morgan fingerprint density at radius 2 is 2.14 bits per heavy atom. The fraction of sp³-hybridized carbons (Fsp3) is 0.500. The van der Waals surface area contributed by atoms with Crippen LogP contribution in [0.15, 0.2) is 18.2 Å². The van der Waals surface area contributed by atoms with Crippen LogP contribution in [0, 0.1) is 0 Å². The molecule has 0 radical (unpaired) electrons. The smallest absolute Gasteiger partial charge is 0.237 e. The Morgan fingerprint density at radius 3 is 2.77 bits per heavy atom. The Balaban J connectivity index is 0.00000441. The van der Waals surface area contributed by atoms with Gasteiger partial charge in [0.05, 0.1) is 11.1 Å². The van der Waals surface area contributed by atoms with Crippen LogP contribution >= 0.6 is 35.6 Å². The predicted molar refractivity (Wildman–Crippen MR) is 91.1 cm³/mol. The largest absolute Gasteiger partial charge is 0.489 e. The van der Waals surface area contributed by atoms with E-state index in [9.17, 15) is 9.90 Å². The number of aliphatic hydroxyl groups excluding tert-OH is 1. The molecule has 5 nitrogen and oxygen atoms in total. The van der Waals surface area contributed by atoms with Gasteiger partial charge in [-0.3, -0.25) is 4.79 Å². The monoisotopic (exact) mass is 370 g/mol. The van der Waals surface area contributed by atoms with Gasteiger partial charge in [-0.1, -0.05) is 42.6 Å². The first-order valence-electron chi connectivity index (χ1n) is 6.73. The molecule has 0 spiro atoms. The van der Waals surface area contributed by atoms with Gasteiger partial charge in [0.1, 0.15) is 23.5 Å². The van der Waals surface area contributed by atoms with Crippen LogP contribution in [0.4, 0.5) is 0 Å². The first kappa shape index (κ1) is 21.3. The lowest BCUT2D eigenvalue weighted by atomic mass is 10.1. The molecule has 1 amide bonds. The lowest BCUT2D eigenvalue weighted by Gasteiger charge is -2.16. The molecule has 0 aromatic heterocycles. The Morgan fingerprint density at radius 1 is 1.45 bits per heavy atom. The molecule has 0 aliphatic heterocycles. The van der Waals surface area contributed by atoms with Gasteiger partial charge >= 0.3 is 0 Å². The van der Waals surface area contributed by atoms with Crippen LogP contribution in [-0.2, 0) is 4.79 Å². The SMILES string of the molecule is CCCC(N)C(=O)NCC(O)COc1cccc(Cl)c1Cl.Cl. The highest BCUT2D eigenvalue weighted by Crippen LogP contribution is 2.31. The van der Waals surface area contributed by atoms with Crippen LogP contribution in [0.25, 0.3) is 0 Å². The maximum Gasteiger partial charge on any atom is 0.237 e. The molecule has 2 unspecified atom stereocenters. The summed E-state index contributed by atoms with van der Waals surface area (Å²) in [4.78, 5) is 11.6. The number of rotatable bonds is 8. The van der Waals surface area contributed by atoms with Gasteiger partial charge in [0, 0.05) is 6.54 Å². The number of nitrogens with two attached hydrogens (primary N) is 1. The molecule has 0 bridgehead atoms. The third-order valence-electron chi connectivity index (χ3n) is 2.80. The number of ether oxygens (including phenoxy) is 1. The van der Waals surface area contributed by atoms with Crippen molar-refractivity contribution in [3.8, 4) is 5.75 Å². The molecular weight excluding hydrogens is 351 g/mol. The van der Waals surface area contributed by atoms with E-state index in [1.54, 1.807) is 18.2 Å². The van der Waals surface area contributed by atoms with E-state index in [0.717, 1.165) is 6.42 Å². The minimum Gasteiger partial charge on any atom is -0.489 e. The zero-order chi connectivity index (χ0) is 15.8. The summed E-state index contributed by atoms with van der Waals surface area (Å²) >= 11 is 11.8. The van der Waals surface area contributed by atoms with E-state index >= 15 is 0 Å². The quantitative estimate of drug-likeness (QED) is 0.655. The standard InChI is InChI=1S/C14H20Cl2N2O3.ClH/c1-2-4-11(17)14(20)18-7-9(19)8-21-12-6-3-5-10(15)13(12)16;/h3,5-6,9,11,19H,2,4,7-8,17H2,1H3,(H,18,20);1H. The van der Waals surface area contributed by atoms with Crippen molar-refractivity contribution in [3.05, 3.63) is 28.2 Å². The molecule has 1 rings (SSSR count). The Bertz CT molecular complexity index is 475. The molecule has 1 aromatic carbocycles. The lowest BCUT2D eigenvalue weighted by Crippen LogP contribution is -2.44. The predicted octanol–water partition coefficient (Wildman–Crippen LogP) is 2.40. The second-order valence-corrected chi connectivity index (χ2v) is 5.44. The Kier molecular flexibility index (Phi) is 10.6. The molecule has 4 N–H and O–H groups in total. The van der Waals surface area contributed by atoms with E-state index < -0.39 is 12.1 Å². The second-order valence-electron chi connectivity index (χ2n) is 4.66. The molecule has 22 heavy (non-hydrogen) atoms. The van der Waals surface area contributed by atoms with E-state index in [4.69, 9.17) is 33.7 Å². The first-order chi connectivity index (χ1) is 9.95. The number of carbonyl (C=O) groups is 1. The van der Waals surface area contributed by atoms with Gasteiger partial charge in [0.25, 0.3) is 0 Å². The van der Waals surface area contributed by atoms with Gasteiger partial charge in [-0.2, -0.15) is 0 Å². The van der Waals surface area contributed by atoms with E-state index in [1.165, 1.54) is 0 Å². The maximum atomic E-state index is 11.6. The van der Waals surface area contributed by atoms with Gasteiger partial charge in [0.2, 0.25) is 5.91 Å². The van der Waals surface area contributed by atoms with Crippen LogP contribution in [0.1, 0.15) is 19.8 Å². The molecule has 126 valence electrons. The number of carbonyl (C=O) groups excluding carboxylic acids is 1. The summed E-state index contributed by atoms with van der Waals surface area (Å²) in [6, 6.07) is 4.44. The van der Waals surface area contributed by atoms with Crippen molar-refractivity contribution >= 4 is 41.5 Å². The number of halogens is 3. The van der Waals surface area contributed by atoms with Crippen LogP contribution in [0.3, 0.4) is 0 Å². The average Bonchev–Trinajstić information content (AvgIpc) is 2.46. The van der Waals surface area contributed by atoms with Crippen molar-refractivity contribution in [2.24, 2.45) is 5.73 Å². The summed E-state index contributed by atoms with van der Waals surface area (Å²) in [5.74, 6) is 0.105. The fourth-order valence-corrected chi connectivity index (χ4v) is 1.98. The minimum atomic E-state index is -0.863. The highest BCUT2D eigenvalue weighted by atomic mass is 35.5. The van der Waals surface area contributed by atoms with Crippen molar-refractivity contribution < 1.29 is 14.6 Å². The van der Waals surface area contributed by atoms with Gasteiger partial charge in [-0.05, 0) is 18.6 Å². The number of hydrogen-bond donors (Lipinski definition) is 3. The van der Waals surface area contributed by atoms with E-state index in [2.05, 4.69) is 5.32 Å². The van der Waals surface area contributed by atoms with Gasteiger partial charge in [-0.15, -0.1) is 12.4 Å². The zero-order valence-corrected chi connectivity index (χ0v) is 14.5. The van der Waals surface area contributed by atoms with Crippen molar-refractivity contribution in [2.45, 2.75) is 31.9 Å². The van der Waals surface area contributed by atoms with Crippen molar-refractivity contribution in [1.29, 1.82) is 0 Å². The molecule has 0 aliphatic carbocycles. The summed E-state index contributed by atoms with van der Waals surface area (Å²) in [7, 11) is 0. The van der Waals surface area contributed by atoms with Crippen LogP contribution < -0.4 is 15.8 Å². The number of amides is 1. The molecule has 1 aromatic rings. The molecule has 2 atom stereocenters. The number of aliphatic hydroxyl groups is 1. The molecular formula is C14H21Cl3N2O3. The molecule has 8 heteroatoms. The molecule has 0 fully saturated rings. The summed E-state index contributed by atoms with van der Waals surface area (Å²) in [5, 5.41) is 13.0. The normalized spacial score (nSPS) is 13.0. The van der Waals surface area contributed by atoms with Gasteiger partial charge in [-0.25, -0.2) is 0 Å². The highest BCUT2D eigenvalue weighted by Gasteiger charge is 2.14. The van der Waals surface area contributed by atoms with Crippen LogP contribution in [-0.4, -0.2) is 36.3 Å². The van der Waals surface area contributed by atoms with Crippen molar-refractivity contribution in [3.63, 3.8) is 0 Å². The summed E-state index contributed by atoms with van der Waals surface area (Å²) < 4.78 is 5.37. The lowest BCUT2D eigenvalue weighted by molar-refractivity contribution is -0.123. The van der Waals surface area contributed by atoms with E-state index in [0.29, 0.717) is 22.2 Å². The van der Waals surface area contributed by atoms with Gasteiger partial charge in [0.15, 0.2) is 0 Å². The Hall–Kier alpha value is -0.720. The van der Waals surface area contributed by atoms with Crippen molar-refractivity contribution in [1.82, 2.24) is 5.32 Å². The summed E-state index contributed by atoms with van der Waals surface area (Å²) in [5.41, 5.74) is 5.66. The van der Waals surface area contributed by atoms with Gasteiger partial charge < -0.3 is 20.9 Å². The molecule has 0 heterocycles. The number of benzene rings is 1. The average molecular weight is 372 g/mol. The van der Waals surface area contributed by atoms with Crippen LogP contribution in [0.5, 0.6) is 5.75 Å². The summed E-state index contributed by atoms with van der Waals surface area (Å²) in [6.07, 6.45) is 0.571. The van der Waals surface area contributed by atoms with E-state index in [-0.39, 0.29) is 31.5 Å².